The van der Waals surface area contributed by atoms with Crippen LogP contribution in [0.2, 0.25) is 0 Å². The van der Waals surface area contributed by atoms with E-state index in [4.69, 9.17) is 0 Å². The van der Waals surface area contributed by atoms with Gasteiger partial charge in [0.2, 0.25) is 5.91 Å². The van der Waals surface area contributed by atoms with E-state index >= 15 is 0 Å². The number of hydrogen-bond donors (Lipinski definition) is 1. The van der Waals surface area contributed by atoms with Crippen LogP contribution in [0.5, 0.6) is 0 Å². The summed E-state index contributed by atoms with van der Waals surface area (Å²) in [5, 5.41) is 8.22. The monoisotopic (exact) mass is 404 g/mol. The van der Waals surface area contributed by atoms with Crippen LogP contribution in [0.4, 0.5) is 5.69 Å². The minimum atomic E-state index is -0.00289. The number of aryl methyl sites for hydroxylation is 1. The Labute approximate surface area is 176 Å². The highest BCUT2D eigenvalue weighted by Crippen LogP contribution is 2.34. The Bertz CT molecular complexity index is 1070. The first-order valence-corrected chi connectivity index (χ1v) is 10.3. The molecule has 0 aliphatic carbocycles. The molecule has 0 radical (unpaired) electrons. The first-order valence-electron chi connectivity index (χ1n) is 10.3. The number of aromatic nitrogens is 3. The molecule has 2 atom stereocenters. The van der Waals surface area contributed by atoms with E-state index in [0.29, 0.717) is 18.4 Å². The average Bonchev–Trinajstić information content (AvgIpc) is 3.12. The van der Waals surface area contributed by atoms with E-state index in [-0.39, 0.29) is 5.91 Å². The maximum Gasteiger partial charge on any atom is 0.238 e. The highest BCUT2D eigenvalue weighted by molar-refractivity contribution is 5.99. The Balaban J connectivity index is 1.53. The van der Waals surface area contributed by atoms with E-state index in [2.05, 4.69) is 50.4 Å². The molecule has 1 fully saturated rings. The predicted molar refractivity (Wildman–Crippen MR) is 120 cm³/mol. The largest absolute Gasteiger partial charge is 0.322 e. The third kappa shape index (κ3) is 4.41. The molecule has 3 aromatic rings. The Morgan fingerprint density at radius 2 is 2.20 bits per heavy atom. The molecule has 0 bridgehead atoms. The van der Waals surface area contributed by atoms with Gasteiger partial charge < -0.3 is 5.32 Å². The van der Waals surface area contributed by atoms with Gasteiger partial charge >= 0.3 is 0 Å². The maximum absolute atomic E-state index is 12.6. The number of amides is 1. The van der Waals surface area contributed by atoms with Crippen molar-refractivity contribution >= 4 is 28.7 Å². The highest BCUT2D eigenvalue weighted by atomic mass is 16.2. The molecule has 0 spiro atoms. The third-order valence-electron chi connectivity index (χ3n) is 5.63. The van der Waals surface area contributed by atoms with Crippen molar-refractivity contribution < 1.29 is 4.79 Å². The molecule has 1 saturated heterocycles. The van der Waals surface area contributed by atoms with Gasteiger partial charge in [0.15, 0.2) is 0 Å². The quantitative estimate of drug-likeness (QED) is 0.663. The number of carbonyl (C=O) groups excluding carboxylic acids is 1. The molecule has 1 amide bonds. The van der Waals surface area contributed by atoms with Gasteiger partial charge in [-0.3, -0.25) is 24.4 Å². The molecule has 7 heteroatoms. The number of carbonyl (C=O) groups is 1. The smallest absolute Gasteiger partial charge is 0.238 e. The van der Waals surface area contributed by atoms with Crippen molar-refractivity contribution in [3.63, 3.8) is 0 Å². The molecular formula is C23H28N6O. The molecule has 156 valence electrons. The molecule has 4 rings (SSSR count). The van der Waals surface area contributed by atoms with Crippen LogP contribution in [-0.4, -0.2) is 58.5 Å². The van der Waals surface area contributed by atoms with Crippen molar-refractivity contribution in [2.45, 2.75) is 19.3 Å². The van der Waals surface area contributed by atoms with E-state index in [9.17, 15) is 4.79 Å². The fourth-order valence-corrected chi connectivity index (χ4v) is 4.52. The van der Waals surface area contributed by atoms with E-state index in [1.807, 2.05) is 25.5 Å². The summed E-state index contributed by atoms with van der Waals surface area (Å²) in [5.74, 6) is 0.870. The Hall–Kier alpha value is -3.06. The number of aliphatic imine (C=N–C) groups is 1. The van der Waals surface area contributed by atoms with Crippen LogP contribution < -0.4 is 5.32 Å². The second-order valence-corrected chi connectivity index (χ2v) is 8.21. The van der Waals surface area contributed by atoms with Crippen LogP contribution in [0.25, 0.3) is 10.9 Å². The molecule has 0 saturated carbocycles. The molecule has 1 N–H and O–H groups in total. The number of benzene rings is 1. The van der Waals surface area contributed by atoms with Crippen LogP contribution in [0.3, 0.4) is 0 Å². The second kappa shape index (κ2) is 8.75. The Morgan fingerprint density at radius 1 is 1.33 bits per heavy atom. The summed E-state index contributed by atoms with van der Waals surface area (Å²) in [6.45, 7) is 4.42. The van der Waals surface area contributed by atoms with Crippen LogP contribution >= 0.6 is 0 Å². The van der Waals surface area contributed by atoms with Crippen LogP contribution in [0.1, 0.15) is 30.4 Å². The zero-order valence-corrected chi connectivity index (χ0v) is 17.7. The highest BCUT2D eigenvalue weighted by Gasteiger charge is 2.28. The van der Waals surface area contributed by atoms with Gasteiger partial charge in [-0.15, -0.1) is 0 Å². The lowest BCUT2D eigenvalue weighted by molar-refractivity contribution is -0.117. The van der Waals surface area contributed by atoms with Crippen molar-refractivity contribution in [3.8, 4) is 0 Å². The summed E-state index contributed by atoms with van der Waals surface area (Å²) in [6, 6.07) is 8.45. The zero-order chi connectivity index (χ0) is 21.1. The van der Waals surface area contributed by atoms with Gasteiger partial charge in [0.05, 0.1) is 23.9 Å². The van der Waals surface area contributed by atoms with Crippen molar-refractivity contribution in [2.24, 2.45) is 18.0 Å². The number of likely N-dealkylation sites (tertiary alicyclic amines) is 1. The second-order valence-electron chi connectivity index (χ2n) is 8.21. The lowest BCUT2D eigenvalue weighted by atomic mass is 9.83. The molecule has 1 aliphatic heterocycles. The molecule has 2 aromatic heterocycles. The molecule has 30 heavy (non-hydrogen) atoms. The van der Waals surface area contributed by atoms with Crippen LogP contribution in [0, 0.1) is 5.92 Å². The number of nitrogens with one attached hydrogen (secondary N) is 1. The number of piperidine rings is 1. The fraction of sp³-hybridized carbons (Fsp3) is 0.391. The summed E-state index contributed by atoms with van der Waals surface area (Å²) in [6.07, 6.45) is 8.26. The summed E-state index contributed by atoms with van der Waals surface area (Å²) >= 11 is 0. The molecule has 1 aliphatic rings. The maximum atomic E-state index is 12.6. The number of nitrogens with zero attached hydrogens (tertiary/aromatic N) is 5. The van der Waals surface area contributed by atoms with Gasteiger partial charge in [-0.05, 0) is 29.9 Å². The van der Waals surface area contributed by atoms with Crippen molar-refractivity contribution in [1.29, 1.82) is 0 Å². The minimum Gasteiger partial charge on any atom is -0.322 e. The summed E-state index contributed by atoms with van der Waals surface area (Å²) in [4.78, 5) is 23.6. The van der Waals surface area contributed by atoms with E-state index in [1.165, 1.54) is 10.9 Å². The van der Waals surface area contributed by atoms with Gasteiger partial charge in [0.25, 0.3) is 0 Å². The number of hydrogen-bond acceptors (Lipinski definition) is 5. The first-order chi connectivity index (χ1) is 14.5. The average molecular weight is 405 g/mol. The van der Waals surface area contributed by atoms with Crippen molar-refractivity contribution in [2.75, 3.05) is 32.0 Å². The minimum absolute atomic E-state index is 0.00289. The number of rotatable bonds is 5. The predicted octanol–water partition coefficient (Wildman–Crippen LogP) is 3.08. The van der Waals surface area contributed by atoms with Crippen molar-refractivity contribution in [3.05, 3.63) is 54.0 Å². The Morgan fingerprint density at radius 3 is 2.97 bits per heavy atom. The van der Waals surface area contributed by atoms with Crippen molar-refractivity contribution in [1.82, 2.24) is 19.7 Å². The summed E-state index contributed by atoms with van der Waals surface area (Å²) in [7, 11) is 3.61. The standard InChI is InChI=1S/C23H28N6O/c1-16-9-18(13-29(12-16)15-22(30)27-19-11-26-28(3)14-19)20-7-6-17(10-24-2)23-21(20)5-4-8-25-23/h4-8,10-11,14,16,18H,9,12-13,15H2,1-3H3,(H,27,30)/t16-,18-/m1/s1. The fourth-order valence-electron chi connectivity index (χ4n) is 4.52. The molecule has 3 heterocycles. The van der Waals surface area contributed by atoms with E-state index in [1.54, 1.807) is 24.1 Å². The SMILES string of the molecule is CN=Cc1ccc([C@@H]2C[C@@H](C)CN(CC(=O)Nc3cnn(C)c3)C2)c2cccnc12. The molecule has 1 aromatic carbocycles. The van der Waals surface area contributed by atoms with Crippen LogP contribution in [-0.2, 0) is 11.8 Å². The van der Waals surface area contributed by atoms with Gasteiger partial charge in [-0.1, -0.05) is 25.1 Å². The molecular weight excluding hydrogens is 376 g/mol. The molecule has 7 nitrogen and oxygen atoms in total. The normalized spacial score (nSPS) is 20.1. The summed E-state index contributed by atoms with van der Waals surface area (Å²) < 4.78 is 1.68. The van der Waals surface area contributed by atoms with E-state index in [0.717, 1.165) is 36.3 Å². The van der Waals surface area contributed by atoms with Gasteiger partial charge in [-0.25, -0.2) is 0 Å². The van der Waals surface area contributed by atoms with Gasteiger partial charge in [0, 0.05) is 56.7 Å². The third-order valence-corrected chi connectivity index (χ3v) is 5.63. The van der Waals surface area contributed by atoms with E-state index < -0.39 is 0 Å². The summed E-state index contributed by atoms with van der Waals surface area (Å²) in [5.41, 5.74) is 4.05. The van der Waals surface area contributed by atoms with Gasteiger partial charge in [0.1, 0.15) is 0 Å². The molecule has 0 unspecified atom stereocenters. The number of pyridine rings is 1. The number of fused-ring (bicyclic) bond motifs is 1. The lowest BCUT2D eigenvalue weighted by Crippen LogP contribution is -2.42. The zero-order valence-electron chi connectivity index (χ0n) is 17.7. The van der Waals surface area contributed by atoms with Gasteiger partial charge in [-0.2, -0.15) is 5.10 Å². The Kier molecular flexibility index (Phi) is 5.90. The van der Waals surface area contributed by atoms with Crippen LogP contribution in [0.15, 0.2) is 47.8 Å². The lowest BCUT2D eigenvalue weighted by Gasteiger charge is -2.36. The topological polar surface area (TPSA) is 75.4 Å². The first kappa shape index (κ1) is 20.2. The number of anilines is 1.